The molecular weight excluding hydrogens is 192 g/mol. The molecule has 0 aliphatic carbocycles. The summed E-state index contributed by atoms with van der Waals surface area (Å²) in [6.45, 7) is 3.12. The largest absolute Gasteiger partial charge is 0.285 e. The van der Waals surface area contributed by atoms with Crippen LogP contribution in [0.25, 0.3) is 0 Å². The van der Waals surface area contributed by atoms with Crippen LogP contribution in [0.4, 0.5) is 0 Å². The Hall–Kier alpha value is -0.400. The van der Waals surface area contributed by atoms with E-state index in [1.165, 1.54) is 0 Å². The van der Waals surface area contributed by atoms with Crippen molar-refractivity contribution in [2.45, 2.75) is 0 Å². The molecule has 0 saturated heterocycles. The fourth-order valence-electron chi connectivity index (χ4n) is 0.455. The fraction of sp³-hybridized carbons (Fsp3) is 0.500. The van der Waals surface area contributed by atoms with E-state index in [1.54, 1.807) is 0 Å². The van der Waals surface area contributed by atoms with Crippen LogP contribution in [0.1, 0.15) is 0 Å². The lowest BCUT2D eigenvalue weighted by Gasteiger charge is -1.95. The average Bonchev–Trinajstić information content (AvgIpc) is 1.55. The van der Waals surface area contributed by atoms with Gasteiger partial charge in [0, 0.05) is 0 Å². The predicted octanol–water partition coefficient (Wildman–Crippen LogP) is -0.567. The van der Waals surface area contributed by atoms with Crippen LogP contribution in [-0.4, -0.2) is 32.2 Å². The molecule has 11 heavy (non-hydrogen) atoms. The minimum Gasteiger partial charge on any atom is -0.285 e. The summed E-state index contributed by atoms with van der Waals surface area (Å²) in [6, 6.07) is 0. The van der Waals surface area contributed by atoms with Crippen LogP contribution < -0.4 is 0 Å². The quantitative estimate of drug-likeness (QED) is 0.485. The summed E-state index contributed by atoms with van der Waals surface area (Å²) >= 11 is 0. The average molecular weight is 200 g/mol. The summed E-state index contributed by atoms with van der Waals surface area (Å²) in [4.78, 5) is 0. The number of hydrogen-bond acceptors (Lipinski definition) is 4. The van der Waals surface area contributed by atoms with Gasteiger partial charge in [-0.3, -0.25) is 4.55 Å². The topological polar surface area (TPSA) is 88.5 Å². The Labute approximate surface area is 65.4 Å². The van der Waals surface area contributed by atoms with E-state index >= 15 is 0 Å². The van der Waals surface area contributed by atoms with E-state index in [1.807, 2.05) is 0 Å². The Bertz CT molecular complexity index is 321. The van der Waals surface area contributed by atoms with E-state index in [9.17, 15) is 16.8 Å². The molecule has 66 valence electrons. The van der Waals surface area contributed by atoms with Gasteiger partial charge in [-0.2, -0.15) is 8.42 Å². The van der Waals surface area contributed by atoms with E-state index < -0.39 is 30.8 Å². The summed E-state index contributed by atoms with van der Waals surface area (Å²) in [5, 5.41) is -1.24. The Kier molecular flexibility index (Phi) is 3.21. The number of rotatable bonds is 4. The highest BCUT2D eigenvalue weighted by molar-refractivity contribution is 8.05. The first-order chi connectivity index (χ1) is 4.77. The second-order valence-electron chi connectivity index (χ2n) is 1.90. The van der Waals surface area contributed by atoms with Gasteiger partial charge in [-0.1, -0.05) is 6.08 Å². The van der Waals surface area contributed by atoms with Crippen molar-refractivity contribution in [2.24, 2.45) is 0 Å². The maximum absolute atomic E-state index is 10.6. The standard InChI is InChI=1S/C4H8O5S2/c1-2-3-10(5,6)4-11(7,8)9/h2H,1,3-4H2,(H,7,8,9). The molecule has 7 heteroatoms. The molecule has 0 aromatic rings. The zero-order chi connectivity index (χ0) is 9.12. The van der Waals surface area contributed by atoms with Gasteiger partial charge in [-0.25, -0.2) is 8.42 Å². The van der Waals surface area contributed by atoms with Gasteiger partial charge in [0.1, 0.15) is 0 Å². The van der Waals surface area contributed by atoms with E-state index in [0.717, 1.165) is 6.08 Å². The predicted molar refractivity (Wildman–Crippen MR) is 40.4 cm³/mol. The Morgan fingerprint density at radius 1 is 1.27 bits per heavy atom. The summed E-state index contributed by atoms with van der Waals surface area (Å²) < 4.78 is 49.5. The van der Waals surface area contributed by atoms with Gasteiger partial charge >= 0.3 is 0 Å². The van der Waals surface area contributed by atoms with Crippen molar-refractivity contribution in [3.8, 4) is 0 Å². The first-order valence-corrected chi connectivity index (χ1v) is 5.96. The maximum atomic E-state index is 10.6. The highest BCUT2D eigenvalue weighted by Gasteiger charge is 2.17. The maximum Gasteiger partial charge on any atom is 0.279 e. The van der Waals surface area contributed by atoms with Crippen molar-refractivity contribution in [3.63, 3.8) is 0 Å². The van der Waals surface area contributed by atoms with Gasteiger partial charge in [0.05, 0.1) is 5.75 Å². The van der Waals surface area contributed by atoms with Crippen LogP contribution in [0.5, 0.6) is 0 Å². The van der Waals surface area contributed by atoms with Crippen molar-refractivity contribution >= 4 is 20.0 Å². The molecule has 1 N–H and O–H groups in total. The molecule has 0 spiro atoms. The van der Waals surface area contributed by atoms with Crippen molar-refractivity contribution in [1.82, 2.24) is 0 Å². The lowest BCUT2D eigenvalue weighted by molar-refractivity contribution is 0.487. The molecule has 0 heterocycles. The molecule has 0 unspecified atom stereocenters. The number of hydrogen-bond donors (Lipinski definition) is 1. The molecule has 0 aliphatic heterocycles. The molecule has 0 amide bonds. The van der Waals surface area contributed by atoms with Gasteiger partial charge in [0.15, 0.2) is 14.9 Å². The lowest BCUT2D eigenvalue weighted by Crippen LogP contribution is -2.17. The highest BCUT2D eigenvalue weighted by Crippen LogP contribution is 1.95. The van der Waals surface area contributed by atoms with Gasteiger partial charge in [-0.15, -0.1) is 6.58 Å². The van der Waals surface area contributed by atoms with Crippen LogP contribution in [-0.2, 0) is 20.0 Å². The van der Waals surface area contributed by atoms with Gasteiger partial charge in [-0.05, 0) is 0 Å². The first kappa shape index (κ1) is 10.6. The smallest absolute Gasteiger partial charge is 0.279 e. The summed E-state index contributed by atoms with van der Waals surface area (Å²) in [7, 11) is -8.19. The third kappa shape index (κ3) is 6.02. The van der Waals surface area contributed by atoms with Gasteiger partial charge in [0.2, 0.25) is 0 Å². The molecule has 0 fully saturated rings. The molecule has 0 aromatic carbocycles. The van der Waals surface area contributed by atoms with Crippen LogP contribution in [0.2, 0.25) is 0 Å². The van der Waals surface area contributed by atoms with Gasteiger partial charge in [0.25, 0.3) is 10.1 Å². The second kappa shape index (κ2) is 3.33. The van der Waals surface area contributed by atoms with E-state index in [0.29, 0.717) is 0 Å². The third-order valence-corrected chi connectivity index (χ3v) is 4.07. The molecule has 0 rings (SSSR count). The summed E-state index contributed by atoms with van der Waals surface area (Å²) in [5.41, 5.74) is 0. The molecular formula is C4H8O5S2. The molecule has 0 bridgehead atoms. The van der Waals surface area contributed by atoms with Crippen LogP contribution >= 0.6 is 0 Å². The summed E-state index contributed by atoms with van der Waals surface area (Å²) in [5.74, 6) is -0.452. The first-order valence-electron chi connectivity index (χ1n) is 2.53. The Morgan fingerprint density at radius 3 is 2.00 bits per heavy atom. The Balaban J connectivity index is 4.52. The monoisotopic (exact) mass is 200 g/mol. The Morgan fingerprint density at radius 2 is 1.73 bits per heavy atom. The molecule has 0 aromatic heterocycles. The minimum absolute atomic E-state index is 0.452. The highest BCUT2D eigenvalue weighted by atomic mass is 32.3. The third-order valence-electron chi connectivity index (χ3n) is 0.700. The molecule has 5 nitrogen and oxygen atoms in total. The van der Waals surface area contributed by atoms with E-state index in [4.69, 9.17) is 4.55 Å². The zero-order valence-electron chi connectivity index (χ0n) is 5.60. The SMILES string of the molecule is C=CCS(=O)(=O)CS(=O)(=O)O. The molecule has 0 atom stereocenters. The van der Waals surface area contributed by atoms with Crippen LogP contribution in [0, 0.1) is 0 Å². The van der Waals surface area contributed by atoms with Crippen molar-refractivity contribution in [2.75, 3.05) is 10.8 Å². The van der Waals surface area contributed by atoms with Crippen LogP contribution in [0.3, 0.4) is 0 Å². The van der Waals surface area contributed by atoms with E-state index in [-0.39, 0.29) is 0 Å². The molecule has 0 aliphatic rings. The normalized spacial score (nSPS) is 12.8. The van der Waals surface area contributed by atoms with E-state index in [2.05, 4.69) is 6.58 Å². The molecule has 0 saturated carbocycles. The second-order valence-corrected chi connectivity index (χ2v) is 5.83. The van der Waals surface area contributed by atoms with Crippen molar-refractivity contribution in [3.05, 3.63) is 12.7 Å². The summed E-state index contributed by atoms with van der Waals surface area (Å²) in [6.07, 6.45) is 1.06. The zero-order valence-corrected chi connectivity index (χ0v) is 7.23. The minimum atomic E-state index is -4.44. The number of sulfone groups is 1. The fourth-order valence-corrected chi connectivity index (χ4v) is 3.01. The van der Waals surface area contributed by atoms with Gasteiger partial charge < -0.3 is 0 Å². The van der Waals surface area contributed by atoms with Crippen molar-refractivity contribution in [1.29, 1.82) is 0 Å². The lowest BCUT2D eigenvalue weighted by atomic mass is 10.8. The molecule has 0 radical (unpaired) electrons. The van der Waals surface area contributed by atoms with Crippen LogP contribution in [0.15, 0.2) is 12.7 Å². The van der Waals surface area contributed by atoms with Crippen molar-refractivity contribution < 1.29 is 21.4 Å².